The van der Waals surface area contributed by atoms with E-state index in [2.05, 4.69) is 5.32 Å². The molecular weight excluding hydrogens is 412 g/mol. The molecule has 1 aliphatic rings. The van der Waals surface area contributed by atoms with E-state index in [1.807, 2.05) is 12.1 Å². The highest BCUT2D eigenvalue weighted by Gasteiger charge is 2.36. The summed E-state index contributed by atoms with van der Waals surface area (Å²) in [7, 11) is 0. The molecule has 0 aliphatic carbocycles. The largest absolute Gasteiger partial charge is 0.450 e. The smallest absolute Gasteiger partial charge is 0.335 e. The summed E-state index contributed by atoms with van der Waals surface area (Å²) >= 11 is 7.26. The number of imide groups is 2. The third-order valence-electron chi connectivity index (χ3n) is 4.04. The molecule has 0 radical (unpaired) electrons. The third-order valence-corrected chi connectivity index (χ3v) is 5.22. The monoisotopic (exact) mass is 424 g/mol. The minimum atomic E-state index is -0.790. The van der Waals surface area contributed by atoms with Crippen molar-refractivity contribution in [1.29, 1.82) is 0 Å². The number of hydrogen-bond donors (Lipinski definition) is 1. The van der Waals surface area contributed by atoms with Gasteiger partial charge in [0.2, 0.25) is 0 Å². The summed E-state index contributed by atoms with van der Waals surface area (Å²) in [6.45, 7) is 0. The summed E-state index contributed by atoms with van der Waals surface area (Å²) < 4.78 is 5.70. The van der Waals surface area contributed by atoms with Crippen molar-refractivity contribution < 1.29 is 18.8 Å². The van der Waals surface area contributed by atoms with Crippen LogP contribution in [-0.2, 0) is 9.59 Å². The molecule has 0 unspecified atom stereocenters. The van der Waals surface area contributed by atoms with Crippen molar-refractivity contribution in [2.45, 2.75) is 9.99 Å². The molecule has 2 heterocycles. The van der Waals surface area contributed by atoms with Crippen molar-refractivity contribution in [2.24, 2.45) is 0 Å². The van der Waals surface area contributed by atoms with Crippen LogP contribution in [0.2, 0.25) is 5.02 Å². The number of rotatable bonds is 4. The van der Waals surface area contributed by atoms with Crippen molar-refractivity contribution in [3.63, 3.8) is 0 Å². The molecule has 1 fully saturated rings. The Hall–Kier alpha value is -3.29. The van der Waals surface area contributed by atoms with E-state index in [4.69, 9.17) is 16.0 Å². The highest BCUT2D eigenvalue weighted by atomic mass is 35.5. The third kappa shape index (κ3) is 4.11. The zero-order valence-corrected chi connectivity index (χ0v) is 16.4. The maximum Gasteiger partial charge on any atom is 0.335 e. The first kappa shape index (κ1) is 19.0. The first-order valence-corrected chi connectivity index (χ1v) is 9.70. The van der Waals surface area contributed by atoms with Gasteiger partial charge in [0.25, 0.3) is 11.8 Å². The van der Waals surface area contributed by atoms with Crippen molar-refractivity contribution in [3.05, 3.63) is 83.1 Å². The van der Waals surface area contributed by atoms with Gasteiger partial charge in [-0.25, -0.2) is 9.69 Å². The summed E-state index contributed by atoms with van der Waals surface area (Å²) in [4.78, 5) is 39.0. The lowest BCUT2D eigenvalue weighted by atomic mass is 10.1. The quantitative estimate of drug-likeness (QED) is 0.483. The molecule has 2 aromatic carbocycles. The number of carbonyl (C=O) groups is 3. The van der Waals surface area contributed by atoms with Crippen LogP contribution in [0.15, 0.2) is 86.7 Å². The predicted octanol–water partition coefficient (Wildman–Crippen LogP) is 4.75. The Kier molecular flexibility index (Phi) is 5.24. The SMILES string of the molecule is O=C1NC(=O)N(c2ccccc2)C(=O)/C1=C\c1ccc(Sc2ccc(Cl)cc2)o1. The molecule has 0 bridgehead atoms. The maximum absolute atomic E-state index is 12.8. The molecule has 1 aliphatic heterocycles. The first-order valence-electron chi connectivity index (χ1n) is 8.51. The van der Waals surface area contributed by atoms with Gasteiger partial charge in [0.1, 0.15) is 11.3 Å². The first-order chi connectivity index (χ1) is 14.0. The molecule has 0 saturated carbocycles. The highest BCUT2D eigenvalue weighted by molar-refractivity contribution is 7.99. The average molecular weight is 425 g/mol. The van der Waals surface area contributed by atoms with Gasteiger partial charge in [-0.15, -0.1) is 0 Å². The average Bonchev–Trinajstić information content (AvgIpc) is 3.15. The van der Waals surface area contributed by atoms with Gasteiger partial charge < -0.3 is 4.42 Å². The number of nitrogens with one attached hydrogen (secondary N) is 1. The number of halogens is 1. The number of urea groups is 1. The Bertz CT molecular complexity index is 1120. The van der Waals surface area contributed by atoms with Crippen LogP contribution in [0, 0.1) is 0 Å². The molecule has 29 heavy (non-hydrogen) atoms. The van der Waals surface area contributed by atoms with Crippen LogP contribution >= 0.6 is 23.4 Å². The number of anilines is 1. The van der Waals surface area contributed by atoms with E-state index in [1.165, 1.54) is 17.8 Å². The van der Waals surface area contributed by atoms with Crippen LogP contribution in [0.1, 0.15) is 5.76 Å². The zero-order valence-electron chi connectivity index (χ0n) is 14.8. The molecule has 4 rings (SSSR count). The van der Waals surface area contributed by atoms with Gasteiger partial charge in [-0.2, -0.15) is 0 Å². The molecule has 1 N–H and O–H groups in total. The molecule has 0 spiro atoms. The van der Waals surface area contributed by atoms with E-state index in [0.29, 0.717) is 21.6 Å². The Morgan fingerprint density at radius 2 is 1.66 bits per heavy atom. The lowest BCUT2D eigenvalue weighted by molar-refractivity contribution is -0.122. The van der Waals surface area contributed by atoms with Gasteiger partial charge >= 0.3 is 6.03 Å². The van der Waals surface area contributed by atoms with Crippen LogP contribution in [0.25, 0.3) is 6.08 Å². The molecular formula is C21H13ClN2O4S. The fourth-order valence-electron chi connectivity index (χ4n) is 2.70. The van der Waals surface area contributed by atoms with Crippen LogP contribution < -0.4 is 10.2 Å². The molecule has 6 nitrogen and oxygen atoms in total. The summed E-state index contributed by atoms with van der Waals surface area (Å²) in [6, 6.07) is 18.2. The second kappa shape index (κ2) is 7.98. The lowest BCUT2D eigenvalue weighted by Crippen LogP contribution is -2.54. The Morgan fingerprint density at radius 3 is 2.38 bits per heavy atom. The number of furan rings is 1. The van der Waals surface area contributed by atoms with E-state index in [-0.39, 0.29) is 5.57 Å². The second-order valence-corrected chi connectivity index (χ2v) is 7.52. The number of benzene rings is 2. The normalized spacial score (nSPS) is 15.7. The number of amides is 4. The minimum absolute atomic E-state index is 0.189. The Labute approximate surface area is 175 Å². The van der Waals surface area contributed by atoms with Crippen molar-refractivity contribution in [3.8, 4) is 0 Å². The second-order valence-electron chi connectivity index (χ2n) is 6.01. The summed E-state index contributed by atoms with van der Waals surface area (Å²) in [6.07, 6.45) is 1.33. The van der Waals surface area contributed by atoms with Crippen LogP contribution in [0.5, 0.6) is 0 Å². The van der Waals surface area contributed by atoms with Crippen LogP contribution in [-0.4, -0.2) is 17.8 Å². The standard InChI is InChI=1S/C21H13ClN2O4S/c22-13-6-9-16(10-7-13)29-18-11-8-15(28-18)12-17-19(25)23-21(27)24(20(17)26)14-4-2-1-3-5-14/h1-12H,(H,23,25,27)/b17-12-. The van der Waals surface area contributed by atoms with Gasteiger partial charge in [-0.3, -0.25) is 14.9 Å². The summed E-state index contributed by atoms with van der Waals surface area (Å²) in [5.41, 5.74) is 0.178. The van der Waals surface area contributed by atoms with E-state index in [0.717, 1.165) is 9.80 Å². The number of hydrogen-bond acceptors (Lipinski definition) is 5. The number of carbonyl (C=O) groups excluding carboxylic acids is 3. The Morgan fingerprint density at radius 1 is 0.931 bits per heavy atom. The van der Waals surface area contributed by atoms with E-state index in [1.54, 1.807) is 54.6 Å². The highest BCUT2D eigenvalue weighted by Crippen LogP contribution is 2.31. The molecule has 8 heteroatoms. The molecule has 4 amide bonds. The van der Waals surface area contributed by atoms with Gasteiger partial charge in [0.15, 0.2) is 5.09 Å². The predicted molar refractivity (Wildman–Crippen MR) is 110 cm³/mol. The molecule has 3 aromatic rings. The van der Waals surface area contributed by atoms with E-state index >= 15 is 0 Å². The number of nitrogens with zero attached hydrogens (tertiary/aromatic N) is 1. The van der Waals surface area contributed by atoms with Gasteiger partial charge in [0.05, 0.1) is 5.69 Å². The number of para-hydroxylation sites is 1. The Balaban J connectivity index is 1.59. The fourth-order valence-corrected chi connectivity index (χ4v) is 3.60. The summed E-state index contributed by atoms with van der Waals surface area (Å²) in [5, 5.41) is 3.40. The van der Waals surface area contributed by atoms with Gasteiger partial charge in [0, 0.05) is 9.92 Å². The molecule has 1 saturated heterocycles. The van der Waals surface area contributed by atoms with E-state index in [9.17, 15) is 14.4 Å². The maximum atomic E-state index is 12.8. The van der Waals surface area contributed by atoms with Crippen molar-refractivity contribution >= 4 is 53.0 Å². The molecule has 0 atom stereocenters. The lowest BCUT2D eigenvalue weighted by Gasteiger charge is -2.26. The van der Waals surface area contributed by atoms with Gasteiger partial charge in [-0.1, -0.05) is 41.6 Å². The van der Waals surface area contributed by atoms with E-state index < -0.39 is 17.8 Å². The zero-order chi connectivity index (χ0) is 20.4. The molecule has 1 aromatic heterocycles. The number of barbiturate groups is 1. The minimum Gasteiger partial charge on any atom is -0.450 e. The van der Waals surface area contributed by atoms with Crippen LogP contribution in [0.4, 0.5) is 10.5 Å². The van der Waals surface area contributed by atoms with Crippen molar-refractivity contribution in [2.75, 3.05) is 4.90 Å². The van der Waals surface area contributed by atoms with Crippen molar-refractivity contribution in [1.82, 2.24) is 5.32 Å². The van der Waals surface area contributed by atoms with Gasteiger partial charge in [-0.05, 0) is 54.6 Å². The van der Waals surface area contributed by atoms with Crippen LogP contribution in [0.3, 0.4) is 0 Å². The fraction of sp³-hybridized carbons (Fsp3) is 0. The summed E-state index contributed by atoms with van der Waals surface area (Å²) in [5.74, 6) is -1.16. The molecule has 144 valence electrons. The topological polar surface area (TPSA) is 79.6 Å².